The van der Waals surface area contributed by atoms with Crippen LogP contribution in [0.1, 0.15) is 42.1 Å². The van der Waals surface area contributed by atoms with E-state index >= 15 is 0 Å². The molecule has 0 spiro atoms. The molecule has 3 N–H and O–H groups in total. The van der Waals surface area contributed by atoms with Crippen molar-refractivity contribution in [2.75, 3.05) is 12.4 Å². The van der Waals surface area contributed by atoms with Crippen molar-refractivity contribution >= 4 is 28.6 Å². The van der Waals surface area contributed by atoms with Gasteiger partial charge >= 0.3 is 6.09 Å². The summed E-state index contributed by atoms with van der Waals surface area (Å²) < 4.78 is 12.7. The third-order valence-electron chi connectivity index (χ3n) is 6.19. The number of anilines is 2. The molecule has 35 heavy (non-hydrogen) atoms. The van der Waals surface area contributed by atoms with Gasteiger partial charge < -0.3 is 20.1 Å². The molecule has 11 nitrogen and oxygen atoms in total. The Morgan fingerprint density at radius 2 is 2.20 bits per heavy atom. The number of methoxy groups -OCH3 is 1. The molecule has 5 rings (SSSR count). The number of ether oxygens (including phenoxy) is 2. The summed E-state index contributed by atoms with van der Waals surface area (Å²) in [5.74, 6) is 0.956. The molecule has 1 amide bonds. The molecule has 182 valence electrons. The van der Waals surface area contributed by atoms with Crippen LogP contribution in [0.2, 0.25) is 0 Å². The number of carbonyl (C=O) groups is 1. The maximum absolute atomic E-state index is 12.2. The Kier molecular flexibility index (Phi) is 6.57. The second-order valence-corrected chi connectivity index (χ2v) is 8.64. The maximum atomic E-state index is 12.2. The molecule has 1 aliphatic carbocycles. The molecule has 2 unspecified atom stereocenters. The zero-order chi connectivity index (χ0) is 24.2. The van der Waals surface area contributed by atoms with Crippen molar-refractivity contribution in [1.82, 2.24) is 35.3 Å². The van der Waals surface area contributed by atoms with Gasteiger partial charge in [-0.25, -0.2) is 4.79 Å². The van der Waals surface area contributed by atoms with Gasteiger partial charge in [0.2, 0.25) is 0 Å². The van der Waals surface area contributed by atoms with E-state index in [0.29, 0.717) is 19.0 Å². The van der Waals surface area contributed by atoms with Crippen LogP contribution in [0.15, 0.2) is 42.9 Å². The van der Waals surface area contributed by atoms with Crippen LogP contribution >= 0.6 is 0 Å². The molecular weight excluding hydrogens is 448 g/mol. The molecule has 11 heteroatoms. The molecule has 1 fully saturated rings. The lowest BCUT2D eigenvalue weighted by Gasteiger charge is -2.13. The Morgan fingerprint density at radius 1 is 1.29 bits per heavy atom. The molecule has 0 saturated heterocycles. The minimum Gasteiger partial charge on any atom is -0.446 e. The maximum Gasteiger partial charge on any atom is 0.407 e. The number of amides is 1. The lowest BCUT2D eigenvalue weighted by atomic mass is 10.0. The first-order chi connectivity index (χ1) is 17.1. The molecule has 4 heterocycles. The predicted octanol–water partition coefficient (Wildman–Crippen LogP) is 3.54. The van der Waals surface area contributed by atoms with Crippen molar-refractivity contribution < 1.29 is 14.3 Å². The number of nitrogens with one attached hydrogen (secondary N) is 3. The van der Waals surface area contributed by atoms with Gasteiger partial charge in [0.05, 0.1) is 12.3 Å². The molecule has 0 radical (unpaired) electrons. The van der Waals surface area contributed by atoms with Crippen LogP contribution < -0.4 is 10.6 Å². The lowest BCUT2D eigenvalue weighted by Crippen LogP contribution is -2.27. The van der Waals surface area contributed by atoms with Gasteiger partial charge in [-0.1, -0.05) is 6.07 Å². The van der Waals surface area contributed by atoms with Crippen molar-refractivity contribution in [3.8, 4) is 0 Å². The highest BCUT2D eigenvalue weighted by Gasteiger charge is 2.30. The van der Waals surface area contributed by atoms with E-state index in [9.17, 15) is 4.79 Å². The summed E-state index contributed by atoms with van der Waals surface area (Å²) in [4.78, 5) is 20.7. The standard InChI is InChI=1S/C24H28N8O3/c1-32-23-18(7-9-26-22(23)20(31-32)14-34-2)28-21-11-19(29-30-21)16-5-6-17(10-16)35-24(33)27-13-15-4-3-8-25-12-15/h3-4,7-9,11-12,16-17H,5-6,10,13-14H2,1-2H3,(H,27,33)(H2,26,28,29,30). The van der Waals surface area contributed by atoms with Crippen molar-refractivity contribution in [3.05, 3.63) is 59.8 Å². The van der Waals surface area contributed by atoms with Crippen molar-refractivity contribution in [2.45, 2.75) is 44.4 Å². The van der Waals surface area contributed by atoms with E-state index in [1.807, 2.05) is 31.3 Å². The number of pyridine rings is 2. The number of H-pyrrole nitrogens is 1. The van der Waals surface area contributed by atoms with Crippen LogP contribution in [0.25, 0.3) is 11.0 Å². The van der Waals surface area contributed by atoms with Crippen LogP contribution in [0.4, 0.5) is 16.3 Å². The highest BCUT2D eigenvalue weighted by atomic mass is 16.6. The number of hydrogen-bond donors (Lipinski definition) is 3. The van der Waals surface area contributed by atoms with Crippen LogP contribution in [0, 0.1) is 0 Å². The number of fused-ring (bicyclic) bond motifs is 1. The average Bonchev–Trinajstić information content (AvgIpc) is 3.59. The van der Waals surface area contributed by atoms with E-state index in [2.05, 4.69) is 35.9 Å². The fourth-order valence-corrected chi connectivity index (χ4v) is 4.55. The molecular formula is C24H28N8O3. The lowest BCUT2D eigenvalue weighted by molar-refractivity contribution is 0.0996. The third-order valence-corrected chi connectivity index (χ3v) is 6.19. The SMILES string of the molecule is COCc1nn(C)c2c(Nc3cc(C4CCC(OC(=O)NCc5cccnc5)C4)[nH]n3)ccnc12. The summed E-state index contributed by atoms with van der Waals surface area (Å²) in [7, 11) is 3.53. The summed E-state index contributed by atoms with van der Waals surface area (Å²) in [6.45, 7) is 0.789. The monoisotopic (exact) mass is 476 g/mol. The first-order valence-corrected chi connectivity index (χ1v) is 11.6. The van der Waals surface area contributed by atoms with Gasteiger partial charge in [-0.05, 0) is 37.0 Å². The second-order valence-electron chi connectivity index (χ2n) is 8.64. The van der Waals surface area contributed by atoms with Crippen LogP contribution in [-0.2, 0) is 29.7 Å². The van der Waals surface area contributed by atoms with E-state index in [4.69, 9.17) is 9.47 Å². The van der Waals surface area contributed by atoms with Crippen LogP contribution in [0.3, 0.4) is 0 Å². The van der Waals surface area contributed by atoms with Gasteiger partial charge in [0.25, 0.3) is 0 Å². The van der Waals surface area contributed by atoms with E-state index in [-0.39, 0.29) is 12.0 Å². The van der Waals surface area contributed by atoms with Crippen LogP contribution in [0.5, 0.6) is 0 Å². The summed E-state index contributed by atoms with van der Waals surface area (Å²) in [5, 5.41) is 18.3. The highest BCUT2D eigenvalue weighted by molar-refractivity contribution is 5.91. The molecule has 1 saturated carbocycles. The second kappa shape index (κ2) is 10.1. The minimum atomic E-state index is -0.405. The van der Waals surface area contributed by atoms with Gasteiger partial charge in [-0.3, -0.25) is 19.7 Å². The first-order valence-electron chi connectivity index (χ1n) is 11.6. The number of aromatic nitrogens is 6. The van der Waals surface area contributed by atoms with E-state index in [1.54, 1.807) is 30.4 Å². The number of aromatic amines is 1. The molecule has 1 aliphatic rings. The number of hydrogen-bond acceptors (Lipinski definition) is 8. The summed E-state index contributed by atoms with van der Waals surface area (Å²) in [5.41, 5.74) is 5.29. The highest BCUT2D eigenvalue weighted by Crippen LogP contribution is 2.36. The Balaban J connectivity index is 1.19. The quantitative estimate of drug-likeness (QED) is 0.352. The number of aryl methyl sites for hydroxylation is 1. The van der Waals surface area contributed by atoms with Crippen molar-refractivity contribution in [2.24, 2.45) is 7.05 Å². The van der Waals surface area contributed by atoms with E-state index < -0.39 is 6.09 Å². The number of nitrogens with zero attached hydrogens (tertiary/aromatic N) is 5. The number of alkyl carbamates (subject to hydrolysis) is 1. The van der Waals surface area contributed by atoms with Gasteiger partial charge in [0, 0.05) is 57.0 Å². The molecule has 2 atom stereocenters. The predicted molar refractivity (Wildman–Crippen MR) is 129 cm³/mol. The molecule has 0 bridgehead atoms. The average molecular weight is 477 g/mol. The molecule has 0 aromatic carbocycles. The van der Waals surface area contributed by atoms with Gasteiger partial charge in [-0.15, -0.1) is 0 Å². The first kappa shape index (κ1) is 22.8. The topological polar surface area (TPSA) is 132 Å². The zero-order valence-electron chi connectivity index (χ0n) is 19.7. The summed E-state index contributed by atoms with van der Waals surface area (Å²) >= 11 is 0. The van der Waals surface area contributed by atoms with E-state index in [0.717, 1.165) is 52.9 Å². The van der Waals surface area contributed by atoms with Gasteiger partial charge in [-0.2, -0.15) is 10.2 Å². The number of rotatable bonds is 8. The fourth-order valence-electron chi connectivity index (χ4n) is 4.55. The summed E-state index contributed by atoms with van der Waals surface area (Å²) in [6, 6.07) is 7.66. The Bertz CT molecular complexity index is 1300. The fraction of sp³-hybridized carbons (Fsp3) is 0.375. The smallest absolute Gasteiger partial charge is 0.407 e. The number of carbonyl (C=O) groups excluding carboxylic acids is 1. The third kappa shape index (κ3) is 5.09. The Hall–Kier alpha value is -3.99. The minimum absolute atomic E-state index is 0.123. The van der Waals surface area contributed by atoms with Crippen molar-refractivity contribution in [3.63, 3.8) is 0 Å². The Labute approximate surface area is 202 Å². The zero-order valence-corrected chi connectivity index (χ0v) is 19.7. The Morgan fingerprint density at radius 3 is 3.03 bits per heavy atom. The summed E-state index contributed by atoms with van der Waals surface area (Å²) in [6.07, 6.45) is 7.13. The van der Waals surface area contributed by atoms with Gasteiger partial charge in [0.15, 0.2) is 5.82 Å². The van der Waals surface area contributed by atoms with Gasteiger partial charge in [0.1, 0.15) is 22.8 Å². The van der Waals surface area contributed by atoms with Crippen molar-refractivity contribution in [1.29, 1.82) is 0 Å². The molecule has 4 aromatic heterocycles. The normalized spacial score (nSPS) is 17.5. The van der Waals surface area contributed by atoms with Crippen LogP contribution in [-0.4, -0.2) is 49.3 Å². The molecule has 4 aromatic rings. The van der Waals surface area contributed by atoms with E-state index in [1.165, 1.54) is 0 Å². The molecule has 0 aliphatic heterocycles. The largest absolute Gasteiger partial charge is 0.446 e.